The number of nitrogens with one attached hydrogen (secondary N) is 1. The summed E-state index contributed by atoms with van der Waals surface area (Å²) in [7, 11) is -16.1. The van der Waals surface area contributed by atoms with Crippen LogP contribution in [-0.4, -0.2) is 95.0 Å². The van der Waals surface area contributed by atoms with E-state index in [0.29, 0.717) is 11.1 Å². The highest BCUT2D eigenvalue weighted by Crippen LogP contribution is 2.52. The number of aliphatic hydroxyl groups is 1. The molecule has 3 rings (SSSR count). The number of nitrogen functional groups attached to an aromatic ring is 1. The third-order valence-electron chi connectivity index (χ3n) is 12.0. The Bertz CT molecular complexity index is 1690. The van der Waals surface area contributed by atoms with Gasteiger partial charge in [-0.05, 0) is 22.2 Å². The van der Waals surface area contributed by atoms with Gasteiger partial charge in [0.15, 0.2) is 29.5 Å². The summed E-state index contributed by atoms with van der Waals surface area (Å²) >= 11 is 0. The minimum Gasteiger partial charge on any atom is -0.382 e. The highest BCUT2D eigenvalue weighted by Gasteiger charge is 2.74. The maximum Gasteiger partial charge on any atom is 0.500 e. The Morgan fingerprint density at radius 3 is 1.70 bits per heavy atom. The van der Waals surface area contributed by atoms with Crippen molar-refractivity contribution in [3.05, 3.63) is 12.2 Å². The first-order valence-corrected chi connectivity index (χ1v) is 31.8. The molecule has 1 aliphatic heterocycles. The molecule has 0 spiro atoms. The summed E-state index contributed by atoms with van der Waals surface area (Å²) in [4.78, 5) is 23.5. The maximum atomic E-state index is 14.9. The maximum absolute atomic E-state index is 14.9. The predicted octanol–water partition coefficient (Wildman–Crippen LogP) is 8.05. The fourth-order valence-corrected chi connectivity index (χ4v) is 48.7. The van der Waals surface area contributed by atoms with Gasteiger partial charge in [-0.3, -0.25) is 9.15 Å². The van der Waals surface area contributed by atoms with Crippen LogP contribution in [0, 0.1) is 0 Å². The van der Waals surface area contributed by atoms with Gasteiger partial charge in [-0.15, -0.1) is 0 Å². The van der Waals surface area contributed by atoms with E-state index in [-0.39, 0.29) is 50.2 Å². The molecule has 324 valence electrons. The van der Waals surface area contributed by atoms with E-state index < -0.39 is 83.3 Å². The number of halogens is 3. The average molecular weight is 888 g/mol. The fraction of sp³-hybridized carbons (Fsp3) is 0.857. The number of hydrogen-bond acceptors (Lipinski definition) is 12. The Morgan fingerprint density at radius 1 is 0.839 bits per heavy atom. The number of aromatic nitrogens is 4. The van der Waals surface area contributed by atoms with E-state index in [4.69, 9.17) is 29.4 Å². The standard InChI is InChI=1S/C35H68F3N5O8SSi4/c1-19(2)53(20(3)4)55(23(9)10,24(11)12)50-47-17-27-29(49-51-56(25(13)14,26(15)16)54(21(5)6)22(7)8)34(44,52(45,46)35(36,37)38)30(48-27)33-42-31(39)28-32(43-33)41-18-40-28/h18-27,29-30,44,53-54H,17H2,1-16H3,(H3,39,40,41,42,43)/t27-,29-,30+,34-/m1/s1. The van der Waals surface area contributed by atoms with E-state index in [0.717, 1.165) is 0 Å². The van der Waals surface area contributed by atoms with Crippen molar-refractivity contribution in [3.63, 3.8) is 0 Å². The fourth-order valence-electron chi connectivity index (χ4n) is 10.1. The number of rotatable bonds is 19. The van der Waals surface area contributed by atoms with Crippen LogP contribution in [0.2, 0.25) is 44.3 Å². The lowest BCUT2D eigenvalue weighted by Crippen LogP contribution is -2.64. The second kappa shape index (κ2) is 18.1. The lowest BCUT2D eigenvalue weighted by atomic mass is 10.1. The Hall–Kier alpha value is -1.28. The van der Waals surface area contributed by atoms with Crippen LogP contribution in [0.3, 0.4) is 0 Å². The Kier molecular flexibility index (Phi) is 15.9. The van der Waals surface area contributed by atoms with Crippen molar-refractivity contribution in [2.45, 2.75) is 184 Å². The van der Waals surface area contributed by atoms with Crippen molar-refractivity contribution >= 4 is 59.1 Å². The molecule has 0 saturated carbocycles. The number of alkyl halides is 3. The van der Waals surface area contributed by atoms with Gasteiger partial charge in [-0.2, -0.15) is 13.2 Å². The van der Waals surface area contributed by atoms with Crippen LogP contribution >= 0.6 is 0 Å². The molecule has 1 saturated heterocycles. The Labute approximate surface area is 336 Å². The first kappa shape index (κ1) is 49.1. The molecule has 3 heterocycles. The van der Waals surface area contributed by atoms with Crippen LogP contribution < -0.4 is 5.73 Å². The van der Waals surface area contributed by atoms with Crippen molar-refractivity contribution in [2.75, 3.05) is 12.3 Å². The summed E-state index contributed by atoms with van der Waals surface area (Å²) < 4.78 is 91.8. The van der Waals surface area contributed by atoms with E-state index in [1.54, 1.807) is 0 Å². The number of nitrogens with zero attached hydrogens (tertiary/aromatic N) is 3. The predicted molar refractivity (Wildman–Crippen MR) is 223 cm³/mol. The summed E-state index contributed by atoms with van der Waals surface area (Å²) in [5.74, 6) is -0.881. The number of H-pyrrole nitrogens is 1. The van der Waals surface area contributed by atoms with Crippen LogP contribution in [0.4, 0.5) is 19.0 Å². The summed E-state index contributed by atoms with van der Waals surface area (Å²) in [5.41, 5.74) is 1.40. The number of fused-ring (bicyclic) bond motifs is 1. The van der Waals surface area contributed by atoms with Crippen LogP contribution in [0.1, 0.15) is 123 Å². The largest absolute Gasteiger partial charge is 0.500 e. The van der Waals surface area contributed by atoms with Gasteiger partial charge in [0.05, 0.1) is 23.0 Å². The van der Waals surface area contributed by atoms with Crippen LogP contribution in [0.25, 0.3) is 11.2 Å². The lowest BCUT2D eigenvalue weighted by Gasteiger charge is -2.47. The first-order chi connectivity index (χ1) is 25.6. The van der Waals surface area contributed by atoms with Gasteiger partial charge < -0.3 is 20.6 Å². The highest BCUT2D eigenvalue weighted by atomic mass is 32.2. The number of anilines is 1. The van der Waals surface area contributed by atoms with Crippen molar-refractivity contribution in [2.24, 2.45) is 0 Å². The molecule has 4 N–H and O–H groups in total. The van der Waals surface area contributed by atoms with E-state index in [1.807, 2.05) is 27.7 Å². The van der Waals surface area contributed by atoms with Crippen molar-refractivity contribution in [1.82, 2.24) is 19.9 Å². The molecular formula is C35H68F3N5O8SSi4. The number of sulfone groups is 1. The molecule has 0 radical (unpaired) electrons. The van der Waals surface area contributed by atoms with Crippen LogP contribution in [0.15, 0.2) is 6.33 Å². The molecule has 4 atom stereocenters. The van der Waals surface area contributed by atoms with Gasteiger partial charge in [0.1, 0.15) is 18.2 Å². The molecule has 21 heteroatoms. The van der Waals surface area contributed by atoms with E-state index in [9.17, 15) is 26.7 Å². The molecule has 0 unspecified atom stereocenters. The normalized spacial score (nSPS) is 22.1. The van der Waals surface area contributed by atoms with E-state index in [2.05, 4.69) is 103 Å². The zero-order chi connectivity index (χ0) is 43.1. The second-order valence-corrected chi connectivity index (χ2v) is 45.5. The Balaban J connectivity index is 2.32. The van der Waals surface area contributed by atoms with Gasteiger partial charge in [0, 0.05) is 0 Å². The number of hydrogen-bond donors (Lipinski definition) is 3. The summed E-state index contributed by atoms with van der Waals surface area (Å²) in [6, 6.07) is 0. The third kappa shape index (κ3) is 8.64. The molecule has 0 aliphatic carbocycles. The average Bonchev–Trinajstić information content (AvgIpc) is 3.63. The summed E-state index contributed by atoms with van der Waals surface area (Å²) in [6.07, 6.45) is -5.08. The van der Waals surface area contributed by atoms with E-state index in [1.165, 1.54) is 6.33 Å². The monoisotopic (exact) mass is 887 g/mol. The number of aromatic amines is 1. The second-order valence-electron chi connectivity index (χ2n) is 18.1. The van der Waals surface area contributed by atoms with Gasteiger partial charge >= 0.3 is 5.51 Å². The van der Waals surface area contributed by atoms with Crippen molar-refractivity contribution in [3.8, 4) is 0 Å². The third-order valence-corrected chi connectivity index (χ3v) is 52.6. The van der Waals surface area contributed by atoms with Gasteiger partial charge in [-0.25, -0.2) is 33.1 Å². The first-order valence-electron chi connectivity index (χ1n) is 19.9. The topological polar surface area (TPSA) is 181 Å². The quantitative estimate of drug-likeness (QED) is 0.0703. The Morgan fingerprint density at radius 2 is 1.29 bits per heavy atom. The minimum absolute atomic E-state index is 0.0728. The van der Waals surface area contributed by atoms with Crippen LogP contribution in [0.5, 0.6) is 0 Å². The number of nitrogens with two attached hydrogens (primary N) is 1. The molecule has 1 fully saturated rings. The zero-order valence-electron chi connectivity index (χ0n) is 36.1. The van der Waals surface area contributed by atoms with Crippen molar-refractivity contribution < 1.29 is 50.4 Å². The van der Waals surface area contributed by atoms with Crippen molar-refractivity contribution in [1.29, 1.82) is 0 Å². The molecule has 0 amide bonds. The van der Waals surface area contributed by atoms with Gasteiger partial charge in [-0.1, -0.05) is 133 Å². The molecule has 2 aromatic rings. The molecule has 1 aliphatic rings. The van der Waals surface area contributed by atoms with Crippen LogP contribution in [-0.2, 0) is 33.5 Å². The van der Waals surface area contributed by atoms with Gasteiger partial charge in [0.25, 0.3) is 9.84 Å². The number of imidazole rings is 1. The molecular weight excluding hydrogens is 820 g/mol. The lowest BCUT2D eigenvalue weighted by molar-refractivity contribution is -0.300. The molecule has 0 aromatic carbocycles. The van der Waals surface area contributed by atoms with E-state index >= 15 is 0 Å². The summed E-state index contributed by atoms with van der Waals surface area (Å²) in [6.45, 7) is 33.0. The highest BCUT2D eigenvalue weighted by molar-refractivity contribution is 7.93. The van der Waals surface area contributed by atoms with Gasteiger partial charge in [0.2, 0.25) is 20.6 Å². The zero-order valence-corrected chi connectivity index (χ0v) is 41.2. The molecule has 56 heavy (non-hydrogen) atoms. The minimum atomic E-state index is -6.56. The molecule has 13 nitrogen and oxygen atoms in total. The summed E-state index contributed by atoms with van der Waals surface area (Å²) in [5, 5.41) is 12.5. The number of ether oxygens (including phenoxy) is 1. The SMILES string of the molecule is CC(C)[SiH](C(C)C)[Si](OOC[C@H]1O[C@@H](c2nc(N)c3[nH]cnc3n2)[C@](O)(S(=O)(=O)C(F)(F)F)[C@@H]1OO[Si](C(C)C)(C(C)C)[SiH](C(C)C)C(C)C)(C(C)C)C(C)C. The smallest absolute Gasteiger partial charge is 0.382 e. The molecule has 0 bridgehead atoms. The molecule has 2 aromatic heterocycles.